The van der Waals surface area contributed by atoms with Crippen LogP contribution in [0.15, 0.2) is 29.7 Å². The number of methoxy groups -OCH3 is 1. The predicted octanol–water partition coefficient (Wildman–Crippen LogP) is 0.290. The fourth-order valence-corrected chi connectivity index (χ4v) is 3.25. The summed E-state index contributed by atoms with van der Waals surface area (Å²) in [4.78, 5) is 7.82. The van der Waals surface area contributed by atoms with Crippen molar-refractivity contribution >= 4 is 9.84 Å². The minimum Gasteiger partial charge on any atom is -0.481 e. The molecule has 0 bridgehead atoms. The first kappa shape index (κ1) is 14.5. The first-order valence-electron chi connectivity index (χ1n) is 5.81. The monoisotopic (exact) mass is 297 g/mol. The molecule has 2 heterocycles. The van der Waals surface area contributed by atoms with Crippen molar-refractivity contribution in [1.29, 1.82) is 0 Å². The van der Waals surface area contributed by atoms with Crippen molar-refractivity contribution in [2.45, 2.75) is 17.5 Å². The lowest BCUT2D eigenvalue weighted by Gasteiger charge is -2.06. The van der Waals surface area contributed by atoms with Gasteiger partial charge in [-0.1, -0.05) is 6.07 Å². The standard InChI is InChI=1S/C12H15N3O4S/c1-15-10(7-16)6-14-12(15)20(17,18)8-9-3-4-11(19-2)13-5-9/h3-6,16H,7-8H2,1-2H3. The van der Waals surface area contributed by atoms with Crippen LogP contribution in [0.5, 0.6) is 5.88 Å². The lowest BCUT2D eigenvalue weighted by atomic mass is 10.3. The molecule has 108 valence electrons. The van der Waals surface area contributed by atoms with Gasteiger partial charge in [-0.3, -0.25) is 0 Å². The number of aromatic nitrogens is 3. The number of hydrogen-bond acceptors (Lipinski definition) is 6. The average Bonchev–Trinajstić information content (AvgIpc) is 2.81. The summed E-state index contributed by atoms with van der Waals surface area (Å²) in [6, 6.07) is 3.24. The molecule has 0 radical (unpaired) electrons. The molecule has 0 spiro atoms. The molecule has 0 aliphatic carbocycles. The molecule has 0 atom stereocenters. The van der Waals surface area contributed by atoms with Crippen molar-refractivity contribution in [2.75, 3.05) is 7.11 Å². The van der Waals surface area contributed by atoms with Crippen LogP contribution in [-0.4, -0.2) is 35.2 Å². The molecule has 0 aliphatic rings. The molecule has 2 aromatic heterocycles. The van der Waals surface area contributed by atoms with E-state index in [1.54, 1.807) is 19.2 Å². The number of aliphatic hydroxyl groups is 1. The maximum atomic E-state index is 12.3. The van der Waals surface area contributed by atoms with Crippen LogP contribution in [0.3, 0.4) is 0 Å². The average molecular weight is 297 g/mol. The summed E-state index contributed by atoms with van der Waals surface area (Å²) >= 11 is 0. The van der Waals surface area contributed by atoms with Crippen LogP contribution >= 0.6 is 0 Å². The van der Waals surface area contributed by atoms with Gasteiger partial charge >= 0.3 is 0 Å². The Hall–Kier alpha value is -1.93. The van der Waals surface area contributed by atoms with E-state index in [9.17, 15) is 8.42 Å². The number of sulfone groups is 1. The van der Waals surface area contributed by atoms with Crippen molar-refractivity contribution in [1.82, 2.24) is 14.5 Å². The molecule has 0 saturated heterocycles. The van der Waals surface area contributed by atoms with E-state index in [1.165, 1.54) is 24.1 Å². The molecule has 2 aromatic rings. The third kappa shape index (κ3) is 2.81. The highest BCUT2D eigenvalue weighted by molar-refractivity contribution is 7.90. The molecule has 7 nitrogen and oxygen atoms in total. The predicted molar refractivity (Wildman–Crippen MR) is 70.8 cm³/mol. The van der Waals surface area contributed by atoms with Gasteiger partial charge in [0, 0.05) is 19.3 Å². The Morgan fingerprint density at radius 1 is 1.30 bits per heavy atom. The molecule has 8 heteroatoms. The summed E-state index contributed by atoms with van der Waals surface area (Å²) in [5.41, 5.74) is 0.982. The van der Waals surface area contributed by atoms with Crippen molar-refractivity contribution in [3.63, 3.8) is 0 Å². The molecule has 0 saturated carbocycles. The van der Waals surface area contributed by atoms with E-state index in [4.69, 9.17) is 9.84 Å². The highest BCUT2D eigenvalue weighted by Crippen LogP contribution is 2.17. The smallest absolute Gasteiger partial charge is 0.227 e. The molecule has 0 unspecified atom stereocenters. The lowest BCUT2D eigenvalue weighted by Crippen LogP contribution is -2.12. The zero-order chi connectivity index (χ0) is 14.8. The molecular formula is C12H15N3O4S. The number of ether oxygens (including phenoxy) is 1. The highest BCUT2D eigenvalue weighted by atomic mass is 32.2. The van der Waals surface area contributed by atoms with Gasteiger partial charge in [-0.15, -0.1) is 0 Å². The molecule has 0 aliphatic heterocycles. The SMILES string of the molecule is COc1ccc(CS(=O)(=O)c2ncc(CO)n2C)cn1. The fourth-order valence-electron chi connectivity index (χ4n) is 1.76. The first-order valence-corrected chi connectivity index (χ1v) is 7.46. The number of aliphatic hydroxyl groups excluding tert-OH is 1. The van der Waals surface area contributed by atoms with Crippen LogP contribution in [0, 0.1) is 0 Å². The lowest BCUT2D eigenvalue weighted by molar-refractivity contribution is 0.271. The van der Waals surface area contributed by atoms with Gasteiger partial charge in [0.05, 0.1) is 31.4 Å². The van der Waals surface area contributed by atoms with Crippen LogP contribution in [0.1, 0.15) is 11.3 Å². The Morgan fingerprint density at radius 2 is 2.05 bits per heavy atom. The molecule has 1 N–H and O–H groups in total. The quantitative estimate of drug-likeness (QED) is 0.852. The maximum Gasteiger partial charge on any atom is 0.227 e. The first-order chi connectivity index (χ1) is 9.47. The van der Waals surface area contributed by atoms with Crippen molar-refractivity contribution in [3.05, 3.63) is 35.8 Å². The number of hydrogen-bond donors (Lipinski definition) is 1. The van der Waals surface area contributed by atoms with E-state index in [0.29, 0.717) is 17.1 Å². The van der Waals surface area contributed by atoms with Gasteiger partial charge in [-0.25, -0.2) is 18.4 Å². The number of nitrogens with zero attached hydrogens (tertiary/aromatic N) is 3. The summed E-state index contributed by atoms with van der Waals surface area (Å²) in [6.07, 6.45) is 2.80. The number of imidazole rings is 1. The van der Waals surface area contributed by atoms with Gasteiger partial charge in [0.25, 0.3) is 0 Å². The second-order valence-electron chi connectivity index (χ2n) is 4.22. The Morgan fingerprint density at radius 3 is 2.55 bits per heavy atom. The number of pyridine rings is 1. The van der Waals surface area contributed by atoms with Gasteiger partial charge in [0.2, 0.25) is 20.9 Å². The van der Waals surface area contributed by atoms with E-state index >= 15 is 0 Å². The summed E-state index contributed by atoms with van der Waals surface area (Å²) in [6.45, 7) is -0.261. The second kappa shape index (κ2) is 5.59. The van der Waals surface area contributed by atoms with Crippen molar-refractivity contribution < 1.29 is 18.3 Å². The molecule has 2 rings (SSSR count). The zero-order valence-corrected chi connectivity index (χ0v) is 12.0. The van der Waals surface area contributed by atoms with Gasteiger partial charge in [0.1, 0.15) is 0 Å². The van der Waals surface area contributed by atoms with Gasteiger partial charge in [-0.05, 0) is 5.56 Å². The third-order valence-electron chi connectivity index (χ3n) is 2.85. The van der Waals surface area contributed by atoms with E-state index in [1.807, 2.05) is 0 Å². The van der Waals surface area contributed by atoms with Crippen molar-refractivity contribution in [3.8, 4) is 5.88 Å². The Kier molecular flexibility index (Phi) is 4.05. The summed E-state index contributed by atoms with van der Waals surface area (Å²) in [5, 5.41) is 8.99. The molecular weight excluding hydrogens is 282 g/mol. The minimum atomic E-state index is -3.59. The third-order valence-corrected chi connectivity index (χ3v) is 4.49. The fraction of sp³-hybridized carbons (Fsp3) is 0.333. The number of rotatable bonds is 5. The van der Waals surface area contributed by atoms with Gasteiger partial charge < -0.3 is 14.4 Å². The molecule has 0 fully saturated rings. The maximum absolute atomic E-state index is 12.3. The molecule has 0 amide bonds. The van der Waals surface area contributed by atoms with E-state index in [-0.39, 0.29) is 17.5 Å². The van der Waals surface area contributed by atoms with E-state index in [0.717, 1.165) is 0 Å². The Labute approximate surface area is 116 Å². The topological polar surface area (TPSA) is 94.3 Å². The zero-order valence-electron chi connectivity index (χ0n) is 11.1. The van der Waals surface area contributed by atoms with Crippen LogP contribution in [0.25, 0.3) is 0 Å². The Balaban J connectivity index is 2.28. The van der Waals surface area contributed by atoms with Gasteiger partial charge in [-0.2, -0.15) is 0 Å². The minimum absolute atomic E-state index is 0.0719. The normalized spacial score (nSPS) is 11.6. The van der Waals surface area contributed by atoms with Crippen LogP contribution < -0.4 is 4.74 Å². The van der Waals surface area contributed by atoms with E-state index < -0.39 is 9.84 Å². The summed E-state index contributed by atoms with van der Waals surface area (Å²) < 4.78 is 30.8. The Bertz CT molecular complexity index is 692. The largest absolute Gasteiger partial charge is 0.481 e. The second-order valence-corrected chi connectivity index (χ2v) is 6.10. The molecule has 20 heavy (non-hydrogen) atoms. The summed E-state index contributed by atoms with van der Waals surface area (Å²) in [5.74, 6) is 0.213. The van der Waals surface area contributed by atoms with Crippen molar-refractivity contribution in [2.24, 2.45) is 7.05 Å². The summed E-state index contributed by atoms with van der Waals surface area (Å²) in [7, 11) is -0.550. The van der Waals surface area contributed by atoms with Crippen LogP contribution in [-0.2, 0) is 29.2 Å². The van der Waals surface area contributed by atoms with Crippen LogP contribution in [0.2, 0.25) is 0 Å². The van der Waals surface area contributed by atoms with Crippen LogP contribution in [0.4, 0.5) is 0 Å². The van der Waals surface area contributed by atoms with E-state index in [2.05, 4.69) is 9.97 Å². The van der Waals surface area contributed by atoms with Gasteiger partial charge in [0.15, 0.2) is 0 Å². The molecule has 0 aromatic carbocycles. The highest BCUT2D eigenvalue weighted by Gasteiger charge is 2.22.